The number of halogens is 2. The van der Waals surface area contributed by atoms with Crippen molar-refractivity contribution in [2.45, 2.75) is 0 Å². The van der Waals surface area contributed by atoms with Gasteiger partial charge in [-0.3, -0.25) is 0 Å². The second-order valence-electron chi connectivity index (χ2n) is 1.13. The predicted molar refractivity (Wildman–Crippen MR) is 44.3 cm³/mol. The lowest BCUT2D eigenvalue weighted by atomic mass is 10.8. The Labute approximate surface area is 69.2 Å². The number of aromatic nitrogens is 1. The largest absolute Gasteiger partial charge is 0.382 e. The van der Waals surface area contributed by atoms with E-state index in [-0.39, 0.29) is 0 Å². The lowest BCUT2D eigenvalue weighted by Crippen LogP contribution is -1.84. The summed E-state index contributed by atoms with van der Waals surface area (Å²) in [6, 6.07) is 0. The smallest absolute Gasteiger partial charge is 0.186 e. The fourth-order valence-electron chi connectivity index (χ4n) is 0.288. The van der Waals surface area contributed by atoms with Crippen LogP contribution in [0.2, 0.25) is 4.47 Å². The van der Waals surface area contributed by atoms with Crippen LogP contribution in [-0.2, 0) is 0 Å². The molecule has 1 heterocycles. The van der Waals surface area contributed by atoms with E-state index in [1.165, 1.54) is 11.3 Å². The maximum absolute atomic E-state index is 5.49. The van der Waals surface area contributed by atoms with Gasteiger partial charge in [-0.2, -0.15) is 0 Å². The molecule has 44 valence electrons. The summed E-state index contributed by atoms with van der Waals surface area (Å²) in [6.07, 6.45) is 0. The molecular formula is C3H2ClIN2S. The highest BCUT2D eigenvalue weighted by molar-refractivity contribution is 14.1. The SMILES string of the molecule is Nc1nc(Cl)sc1I. The van der Waals surface area contributed by atoms with Crippen molar-refractivity contribution < 1.29 is 0 Å². The summed E-state index contributed by atoms with van der Waals surface area (Å²) in [5.41, 5.74) is 5.35. The van der Waals surface area contributed by atoms with Crippen LogP contribution in [0, 0.1) is 2.88 Å². The minimum absolute atomic E-state index is 0.506. The minimum Gasteiger partial charge on any atom is -0.382 e. The van der Waals surface area contributed by atoms with Crippen LogP contribution in [0.3, 0.4) is 0 Å². The average molecular weight is 260 g/mol. The lowest BCUT2D eigenvalue weighted by molar-refractivity contribution is 1.42. The Kier molecular flexibility index (Phi) is 1.94. The molecule has 2 nitrogen and oxygen atoms in total. The Morgan fingerprint density at radius 3 is 2.50 bits per heavy atom. The summed E-state index contributed by atoms with van der Waals surface area (Å²) < 4.78 is 1.46. The van der Waals surface area contributed by atoms with Crippen LogP contribution in [0.25, 0.3) is 0 Å². The number of thiazole rings is 1. The molecule has 0 atom stereocenters. The molecule has 0 unspecified atom stereocenters. The van der Waals surface area contributed by atoms with Gasteiger partial charge in [0.25, 0.3) is 0 Å². The summed E-state index contributed by atoms with van der Waals surface area (Å²) in [5, 5.41) is 0. The van der Waals surface area contributed by atoms with Gasteiger partial charge in [0.05, 0.1) is 0 Å². The monoisotopic (exact) mass is 260 g/mol. The van der Waals surface area contributed by atoms with E-state index in [2.05, 4.69) is 27.6 Å². The quantitative estimate of drug-likeness (QED) is 0.725. The van der Waals surface area contributed by atoms with E-state index in [1.807, 2.05) is 0 Å². The average Bonchev–Trinajstić information content (AvgIpc) is 1.85. The molecule has 8 heavy (non-hydrogen) atoms. The zero-order valence-corrected chi connectivity index (χ0v) is 7.42. The molecule has 0 amide bonds. The molecule has 1 rings (SSSR count). The Bertz CT molecular complexity index is 180. The minimum atomic E-state index is 0.506. The van der Waals surface area contributed by atoms with Crippen molar-refractivity contribution in [2.24, 2.45) is 0 Å². The van der Waals surface area contributed by atoms with Gasteiger partial charge in [-0.25, -0.2) is 4.98 Å². The molecule has 5 heteroatoms. The molecule has 0 spiro atoms. The summed E-state index contributed by atoms with van der Waals surface area (Å²) in [4.78, 5) is 3.76. The van der Waals surface area contributed by atoms with Crippen LogP contribution >= 0.6 is 45.5 Å². The van der Waals surface area contributed by atoms with Crippen LogP contribution in [-0.4, -0.2) is 4.98 Å². The van der Waals surface area contributed by atoms with Gasteiger partial charge in [-0.1, -0.05) is 22.9 Å². The van der Waals surface area contributed by atoms with Crippen LogP contribution in [0.5, 0.6) is 0 Å². The normalized spacial score (nSPS) is 9.75. The van der Waals surface area contributed by atoms with Gasteiger partial charge in [-0.15, -0.1) is 0 Å². The molecule has 1 aromatic rings. The van der Waals surface area contributed by atoms with Crippen molar-refractivity contribution in [3.8, 4) is 0 Å². The molecule has 2 N–H and O–H groups in total. The molecule has 0 aliphatic heterocycles. The van der Waals surface area contributed by atoms with Crippen molar-refractivity contribution in [2.75, 3.05) is 5.73 Å². The fourth-order valence-corrected chi connectivity index (χ4v) is 2.19. The first-order chi connectivity index (χ1) is 3.70. The van der Waals surface area contributed by atoms with E-state index in [0.29, 0.717) is 10.3 Å². The molecule has 0 radical (unpaired) electrons. The standard InChI is InChI=1S/C3H2ClIN2S/c4-3-7-2(6)1(5)8-3/h6H2. The third kappa shape index (κ3) is 1.24. The van der Waals surface area contributed by atoms with Gasteiger partial charge in [0.2, 0.25) is 0 Å². The number of hydrogen-bond donors (Lipinski definition) is 1. The van der Waals surface area contributed by atoms with E-state index in [1.54, 1.807) is 0 Å². The number of nitrogens with zero attached hydrogens (tertiary/aromatic N) is 1. The van der Waals surface area contributed by atoms with Crippen molar-refractivity contribution in [3.63, 3.8) is 0 Å². The second-order valence-corrected chi connectivity index (χ2v) is 4.52. The zero-order chi connectivity index (χ0) is 6.15. The van der Waals surface area contributed by atoms with E-state index < -0.39 is 0 Å². The van der Waals surface area contributed by atoms with E-state index in [9.17, 15) is 0 Å². The molecule has 0 saturated heterocycles. The third-order valence-electron chi connectivity index (χ3n) is 0.584. The summed E-state index contributed by atoms with van der Waals surface area (Å²) in [7, 11) is 0. The van der Waals surface area contributed by atoms with Crippen molar-refractivity contribution in [1.29, 1.82) is 0 Å². The highest BCUT2D eigenvalue weighted by atomic mass is 127. The van der Waals surface area contributed by atoms with E-state index in [4.69, 9.17) is 17.3 Å². The maximum Gasteiger partial charge on any atom is 0.186 e. The first kappa shape index (κ1) is 6.57. The third-order valence-corrected chi connectivity index (χ3v) is 2.76. The van der Waals surface area contributed by atoms with Crippen LogP contribution in [0.1, 0.15) is 0 Å². The van der Waals surface area contributed by atoms with Gasteiger partial charge >= 0.3 is 0 Å². The van der Waals surface area contributed by atoms with Crippen molar-refractivity contribution >= 4 is 51.3 Å². The summed E-state index contributed by atoms with van der Waals surface area (Å²) in [5.74, 6) is 0.528. The zero-order valence-electron chi connectivity index (χ0n) is 3.69. The summed E-state index contributed by atoms with van der Waals surface area (Å²) >= 11 is 8.97. The molecule has 0 fully saturated rings. The van der Waals surface area contributed by atoms with Crippen LogP contribution in [0.15, 0.2) is 0 Å². The molecule has 0 saturated carbocycles. The molecular weight excluding hydrogens is 258 g/mol. The molecule has 0 bridgehead atoms. The van der Waals surface area contributed by atoms with Crippen molar-refractivity contribution in [3.05, 3.63) is 7.35 Å². The molecule has 0 aliphatic rings. The van der Waals surface area contributed by atoms with Gasteiger partial charge in [0, 0.05) is 0 Å². The second kappa shape index (κ2) is 2.36. The number of nitrogen functional groups attached to an aromatic ring is 1. The number of anilines is 1. The summed E-state index contributed by atoms with van der Waals surface area (Å²) in [6.45, 7) is 0. The first-order valence-electron chi connectivity index (χ1n) is 1.77. The highest BCUT2D eigenvalue weighted by Gasteiger charge is 2.00. The number of hydrogen-bond acceptors (Lipinski definition) is 3. The van der Waals surface area contributed by atoms with Gasteiger partial charge in [-0.05, 0) is 22.6 Å². The fraction of sp³-hybridized carbons (Fsp3) is 0. The van der Waals surface area contributed by atoms with Crippen LogP contribution < -0.4 is 5.73 Å². The number of rotatable bonds is 0. The molecule has 0 aromatic carbocycles. The Balaban J connectivity index is 3.14. The van der Waals surface area contributed by atoms with Gasteiger partial charge in [0.1, 0.15) is 8.70 Å². The Morgan fingerprint density at radius 2 is 2.38 bits per heavy atom. The Morgan fingerprint density at radius 1 is 1.75 bits per heavy atom. The highest BCUT2D eigenvalue weighted by Crippen LogP contribution is 2.25. The van der Waals surface area contributed by atoms with Crippen LogP contribution in [0.4, 0.5) is 5.82 Å². The maximum atomic E-state index is 5.49. The molecule has 0 aliphatic carbocycles. The van der Waals surface area contributed by atoms with Gasteiger partial charge < -0.3 is 5.73 Å². The Hall–Kier alpha value is 0.450. The van der Waals surface area contributed by atoms with E-state index >= 15 is 0 Å². The number of nitrogens with two attached hydrogens (primary N) is 1. The van der Waals surface area contributed by atoms with Crippen molar-refractivity contribution in [1.82, 2.24) is 4.98 Å². The topological polar surface area (TPSA) is 38.9 Å². The predicted octanol–water partition coefficient (Wildman–Crippen LogP) is 1.98. The van der Waals surface area contributed by atoms with Gasteiger partial charge in [0.15, 0.2) is 4.47 Å². The first-order valence-corrected chi connectivity index (χ1v) is 4.05. The van der Waals surface area contributed by atoms with E-state index in [0.717, 1.165) is 2.88 Å². The molecule has 1 aromatic heterocycles. The lowest BCUT2D eigenvalue weighted by Gasteiger charge is -1.76.